The fourth-order valence-corrected chi connectivity index (χ4v) is 3.66. The van der Waals surface area contributed by atoms with Crippen molar-refractivity contribution < 1.29 is 9.53 Å². The van der Waals surface area contributed by atoms with Gasteiger partial charge >= 0.3 is 6.03 Å². The Morgan fingerprint density at radius 3 is 2.86 bits per heavy atom. The second kappa shape index (κ2) is 6.99. The third-order valence-electron chi connectivity index (χ3n) is 5.13. The molecule has 0 bridgehead atoms. The number of aliphatic imine (C=N–C) groups is 1. The number of carbonyl (C=O) groups is 1. The van der Waals surface area contributed by atoms with Crippen molar-refractivity contribution in [3.05, 3.63) is 70.5 Å². The largest absolute Gasteiger partial charge is 0.492 e. The highest BCUT2D eigenvalue weighted by molar-refractivity contribution is 6.33. The molecular formula is C22H22ClN3O2. The number of benzene rings is 2. The van der Waals surface area contributed by atoms with Crippen LogP contribution in [0.3, 0.4) is 0 Å². The fraction of sp³-hybridized carbons (Fsp3) is 0.273. The summed E-state index contributed by atoms with van der Waals surface area (Å²) >= 11 is 6.15. The molecule has 0 aromatic heterocycles. The van der Waals surface area contributed by atoms with Crippen molar-refractivity contribution in [2.45, 2.75) is 26.2 Å². The van der Waals surface area contributed by atoms with E-state index in [9.17, 15) is 4.79 Å². The van der Waals surface area contributed by atoms with Crippen LogP contribution in [-0.2, 0) is 5.41 Å². The topological polar surface area (TPSA) is 53.9 Å². The van der Waals surface area contributed by atoms with Crippen LogP contribution in [0, 0.1) is 6.92 Å². The maximum atomic E-state index is 12.7. The first-order chi connectivity index (χ1) is 13.3. The van der Waals surface area contributed by atoms with E-state index in [-0.39, 0.29) is 11.4 Å². The number of halogens is 1. The van der Waals surface area contributed by atoms with E-state index in [1.165, 1.54) is 5.56 Å². The SMILES string of the molecule is Cc1cc2c(cc1C1=NC=CN(C(=O)Nc3ccccc3Cl)C1)C(C)(C)CO2. The van der Waals surface area contributed by atoms with Crippen LogP contribution in [0.15, 0.2) is 53.8 Å². The van der Waals surface area contributed by atoms with Gasteiger partial charge in [0.15, 0.2) is 0 Å². The van der Waals surface area contributed by atoms with Crippen molar-refractivity contribution in [3.63, 3.8) is 0 Å². The van der Waals surface area contributed by atoms with E-state index in [2.05, 4.69) is 36.3 Å². The molecule has 2 aliphatic heterocycles. The van der Waals surface area contributed by atoms with Gasteiger partial charge in [-0.05, 0) is 36.8 Å². The molecule has 4 rings (SSSR count). The van der Waals surface area contributed by atoms with Gasteiger partial charge in [0.25, 0.3) is 0 Å². The normalized spacial score (nSPS) is 17.0. The summed E-state index contributed by atoms with van der Waals surface area (Å²) in [6, 6.07) is 11.1. The van der Waals surface area contributed by atoms with E-state index in [1.54, 1.807) is 29.4 Å². The minimum absolute atomic E-state index is 0.0377. The summed E-state index contributed by atoms with van der Waals surface area (Å²) in [7, 11) is 0. The van der Waals surface area contributed by atoms with Crippen molar-refractivity contribution >= 4 is 29.0 Å². The van der Waals surface area contributed by atoms with Crippen LogP contribution in [0.5, 0.6) is 5.75 Å². The molecule has 2 amide bonds. The number of nitrogens with zero attached hydrogens (tertiary/aromatic N) is 2. The fourth-order valence-electron chi connectivity index (χ4n) is 3.48. The lowest BCUT2D eigenvalue weighted by atomic mass is 9.84. The Balaban J connectivity index is 1.57. The first-order valence-corrected chi connectivity index (χ1v) is 9.57. The molecule has 2 aliphatic rings. The molecule has 0 spiro atoms. The van der Waals surface area contributed by atoms with Crippen molar-refractivity contribution in [3.8, 4) is 5.75 Å². The van der Waals surface area contributed by atoms with Crippen LogP contribution in [0.4, 0.5) is 10.5 Å². The molecule has 0 unspecified atom stereocenters. The number of anilines is 1. The van der Waals surface area contributed by atoms with Crippen LogP contribution >= 0.6 is 11.6 Å². The summed E-state index contributed by atoms with van der Waals surface area (Å²) in [6.07, 6.45) is 3.32. The lowest BCUT2D eigenvalue weighted by Gasteiger charge is -2.24. The van der Waals surface area contributed by atoms with E-state index < -0.39 is 0 Å². The standard InChI is InChI=1S/C22H22ClN3O2/c1-14-10-20-16(22(2,3)13-28-20)11-15(14)19-12-26(9-8-24-19)21(27)25-18-7-5-4-6-17(18)23/h4-11H,12-13H2,1-3H3,(H,25,27). The van der Waals surface area contributed by atoms with Crippen molar-refractivity contribution in [1.29, 1.82) is 0 Å². The third-order valence-corrected chi connectivity index (χ3v) is 5.46. The highest BCUT2D eigenvalue weighted by Gasteiger charge is 2.33. The number of rotatable bonds is 2. The number of carbonyl (C=O) groups excluding carboxylic acids is 1. The van der Waals surface area contributed by atoms with Crippen LogP contribution < -0.4 is 10.1 Å². The van der Waals surface area contributed by atoms with E-state index >= 15 is 0 Å². The minimum Gasteiger partial charge on any atom is -0.492 e. The number of hydrogen-bond donors (Lipinski definition) is 1. The number of para-hydroxylation sites is 1. The van der Waals surface area contributed by atoms with Gasteiger partial charge < -0.3 is 10.1 Å². The van der Waals surface area contributed by atoms with Gasteiger partial charge in [0, 0.05) is 28.9 Å². The highest BCUT2D eigenvalue weighted by Crippen LogP contribution is 2.40. The third kappa shape index (κ3) is 3.38. The lowest BCUT2D eigenvalue weighted by Crippen LogP contribution is -2.36. The molecule has 2 heterocycles. The highest BCUT2D eigenvalue weighted by atomic mass is 35.5. The second-order valence-corrected chi connectivity index (χ2v) is 8.15. The predicted octanol–water partition coefficient (Wildman–Crippen LogP) is 5.13. The zero-order chi connectivity index (χ0) is 19.9. The van der Waals surface area contributed by atoms with Gasteiger partial charge in [0.05, 0.1) is 29.6 Å². The zero-order valence-corrected chi connectivity index (χ0v) is 16.9. The molecule has 28 heavy (non-hydrogen) atoms. The minimum atomic E-state index is -0.251. The molecule has 0 atom stereocenters. The average molecular weight is 396 g/mol. The predicted molar refractivity (Wildman–Crippen MR) is 113 cm³/mol. The van der Waals surface area contributed by atoms with Crippen molar-refractivity contribution in [2.24, 2.45) is 4.99 Å². The van der Waals surface area contributed by atoms with Crippen LogP contribution in [0.25, 0.3) is 0 Å². The summed E-state index contributed by atoms with van der Waals surface area (Å²) < 4.78 is 5.83. The Bertz CT molecular complexity index is 1010. The summed E-state index contributed by atoms with van der Waals surface area (Å²) in [5.41, 5.74) is 4.69. The molecule has 0 fully saturated rings. The van der Waals surface area contributed by atoms with Crippen LogP contribution in [-0.4, -0.2) is 29.8 Å². The first kappa shape index (κ1) is 18.6. The molecule has 2 aromatic carbocycles. The monoisotopic (exact) mass is 395 g/mol. The van der Waals surface area contributed by atoms with Crippen LogP contribution in [0.1, 0.15) is 30.5 Å². The quantitative estimate of drug-likeness (QED) is 0.766. The second-order valence-electron chi connectivity index (χ2n) is 7.75. The van der Waals surface area contributed by atoms with Gasteiger partial charge in [0.1, 0.15) is 5.75 Å². The zero-order valence-electron chi connectivity index (χ0n) is 16.1. The molecule has 0 aliphatic carbocycles. The Morgan fingerprint density at radius 2 is 2.07 bits per heavy atom. The van der Waals surface area contributed by atoms with Gasteiger partial charge in [-0.3, -0.25) is 9.89 Å². The molecule has 6 heteroatoms. The molecular weight excluding hydrogens is 374 g/mol. The number of nitrogens with one attached hydrogen (secondary N) is 1. The van der Waals surface area contributed by atoms with Gasteiger partial charge in [0.2, 0.25) is 0 Å². The Kier molecular flexibility index (Phi) is 4.63. The molecule has 144 valence electrons. The van der Waals surface area contributed by atoms with Gasteiger partial charge in [-0.25, -0.2) is 4.79 Å². The van der Waals surface area contributed by atoms with Gasteiger partial charge in [-0.1, -0.05) is 37.6 Å². The Morgan fingerprint density at radius 1 is 1.29 bits per heavy atom. The maximum Gasteiger partial charge on any atom is 0.326 e. The van der Waals surface area contributed by atoms with E-state index in [1.807, 2.05) is 19.1 Å². The number of aryl methyl sites for hydroxylation is 1. The summed E-state index contributed by atoms with van der Waals surface area (Å²) in [5.74, 6) is 0.937. The molecule has 5 nitrogen and oxygen atoms in total. The number of amides is 2. The van der Waals surface area contributed by atoms with E-state index in [4.69, 9.17) is 16.3 Å². The van der Waals surface area contributed by atoms with E-state index in [0.29, 0.717) is 23.9 Å². The van der Waals surface area contributed by atoms with Crippen molar-refractivity contribution in [1.82, 2.24) is 4.90 Å². The Labute approximate surface area is 169 Å². The number of urea groups is 1. The lowest BCUT2D eigenvalue weighted by molar-refractivity contribution is 0.232. The van der Waals surface area contributed by atoms with Gasteiger partial charge in [-0.15, -0.1) is 0 Å². The smallest absolute Gasteiger partial charge is 0.326 e. The van der Waals surface area contributed by atoms with E-state index in [0.717, 1.165) is 22.6 Å². The molecule has 1 N–H and O–H groups in total. The Hall–Kier alpha value is -2.79. The number of fused-ring (bicyclic) bond motifs is 1. The summed E-state index contributed by atoms with van der Waals surface area (Å²) in [6.45, 7) is 7.44. The molecule has 0 radical (unpaired) electrons. The molecule has 0 saturated heterocycles. The maximum absolute atomic E-state index is 12.7. The first-order valence-electron chi connectivity index (χ1n) is 9.19. The average Bonchev–Trinajstić information content (AvgIpc) is 2.97. The number of hydrogen-bond acceptors (Lipinski definition) is 3. The summed E-state index contributed by atoms with van der Waals surface area (Å²) in [5, 5.41) is 3.35. The van der Waals surface area contributed by atoms with Crippen LogP contribution in [0.2, 0.25) is 5.02 Å². The molecule has 2 aromatic rings. The van der Waals surface area contributed by atoms with Gasteiger partial charge in [-0.2, -0.15) is 0 Å². The van der Waals surface area contributed by atoms with Crippen molar-refractivity contribution in [2.75, 3.05) is 18.5 Å². The molecule has 0 saturated carbocycles. The number of ether oxygens (including phenoxy) is 1. The summed E-state index contributed by atoms with van der Waals surface area (Å²) in [4.78, 5) is 18.8.